The Morgan fingerprint density at radius 2 is 1.84 bits per heavy atom. The summed E-state index contributed by atoms with van der Waals surface area (Å²) in [4.78, 5) is 0. The third kappa shape index (κ3) is 7.70. The van der Waals surface area contributed by atoms with Crippen LogP contribution < -0.4 is 14.8 Å². The quantitative estimate of drug-likeness (QED) is 0.700. The summed E-state index contributed by atoms with van der Waals surface area (Å²) >= 11 is 0. The molecule has 8 heteroatoms. The fourth-order valence-electron chi connectivity index (χ4n) is 1.35. The van der Waals surface area contributed by atoms with Gasteiger partial charge in [-0.15, -0.1) is 0 Å². The second-order valence-corrected chi connectivity index (χ2v) is 5.70. The van der Waals surface area contributed by atoms with Crippen molar-refractivity contribution in [2.75, 3.05) is 19.3 Å². The summed E-state index contributed by atoms with van der Waals surface area (Å²) in [7, 11) is -3.16. The first-order chi connectivity index (χ1) is 8.87. The molecule has 0 atom stereocenters. The van der Waals surface area contributed by atoms with Crippen LogP contribution >= 0.6 is 0 Å². The van der Waals surface area contributed by atoms with Crippen molar-refractivity contribution in [3.05, 3.63) is 29.8 Å². The first kappa shape index (κ1) is 15.8. The van der Waals surface area contributed by atoms with E-state index in [0.717, 1.165) is 11.8 Å². The molecule has 1 rings (SSSR count). The molecule has 0 aliphatic heterocycles. The van der Waals surface area contributed by atoms with Gasteiger partial charge in [0.2, 0.25) is 10.0 Å². The predicted molar refractivity (Wildman–Crippen MR) is 67.6 cm³/mol. The molecule has 1 aromatic rings. The van der Waals surface area contributed by atoms with E-state index < -0.39 is 16.6 Å². The molecule has 0 amide bonds. The maximum atomic E-state index is 11.9. The molecule has 0 aliphatic carbocycles. The van der Waals surface area contributed by atoms with Gasteiger partial charge in [-0.25, -0.2) is 13.1 Å². The molecule has 5 nitrogen and oxygen atoms in total. The molecule has 1 aromatic carbocycles. The Morgan fingerprint density at radius 1 is 1.21 bits per heavy atom. The fourth-order valence-corrected chi connectivity index (χ4v) is 1.82. The van der Waals surface area contributed by atoms with Gasteiger partial charge in [-0.1, -0.05) is 12.1 Å². The molecular formula is C11H16F2N2O3S. The van der Waals surface area contributed by atoms with Crippen LogP contribution in [0.25, 0.3) is 0 Å². The van der Waals surface area contributed by atoms with Gasteiger partial charge in [0.1, 0.15) is 5.75 Å². The normalized spacial score (nSPS) is 11.8. The second kappa shape index (κ2) is 7.37. The van der Waals surface area contributed by atoms with E-state index in [4.69, 9.17) is 0 Å². The van der Waals surface area contributed by atoms with E-state index in [0.29, 0.717) is 19.6 Å². The lowest BCUT2D eigenvalue weighted by atomic mass is 10.2. The van der Waals surface area contributed by atoms with Gasteiger partial charge in [-0.3, -0.25) is 0 Å². The number of hydrogen-bond donors (Lipinski definition) is 2. The van der Waals surface area contributed by atoms with Gasteiger partial charge in [-0.05, 0) is 17.7 Å². The number of alkyl halides is 2. The van der Waals surface area contributed by atoms with Crippen molar-refractivity contribution >= 4 is 10.0 Å². The van der Waals surface area contributed by atoms with E-state index >= 15 is 0 Å². The van der Waals surface area contributed by atoms with Gasteiger partial charge >= 0.3 is 6.61 Å². The van der Waals surface area contributed by atoms with Crippen LogP contribution in [0.3, 0.4) is 0 Å². The van der Waals surface area contributed by atoms with Crippen molar-refractivity contribution < 1.29 is 21.9 Å². The molecule has 108 valence electrons. The lowest BCUT2D eigenvalue weighted by molar-refractivity contribution is -0.0498. The maximum Gasteiger partial charge on any atom is 0.387 e. The molecule has 0 aliphatic rings. The zero-order valence-corrected chi connectivity index (χ0v) is 11.2. The average molecular weight is 294 g/mol. The zero-order valence-electron chi connectivity index (χ0n) is 10.4. The number of nitrogens with one attached hydrogen (secondary N) is 2. The Labute approximate surface area is 111 Å². The lowest BCUT2D eigenvalue weighted by Gasteiger charge is -2.07. The highest BCUT2D eigenvalue weighted by atomic mass is 32.2. The minimum atomic E-state index is -3.16. The Bertz CT molecular complexity index is 477. The molecule has 0 unspecified atom stereocenters. The molecule has 0 radical (unpaired) electrons. The van der Waals surface area contributed by atoms with E-state index in [1.165, 1.54) is 12.1 Å². The third-order valence-corrected chi connectivity index (χ3v) is 2.87. The Morgan fingerprint density at radius 3 is 2.37 bits per heavy atom. The van der Waals surface area contributed by atoms with Gasteiger partial charge < -0.3 is 10.1 Å². The van der Waals surface area contributed by atoms with Crippen LogP contribution in [0.1, 0.15) is 5.56 Å². The van der Waals surface area contributed by atoms with Gasteiger partial charge in [0.25, 0.3) is 0 Å². The number of ether oxygens (including phenoxy) is 1. The number of sulfonamides is 1. The van der Waals surface area contributed by atoms with Crippen molar-refractivity contribution in [2.45, 2.75) is 13.2 Å². The fraction of sp³-hybridized carbons (Fsp3) is 0.455. The number of benzene rings is 1. The van der Waals surface area contributed by atoms with E-state index in [2.05, 4.69) is 14.8 Å². The largest absolute Gasteiger partial charge is 0.435 e. The molecule has 0 aromatic heterocycles. The number of rotatable bonds is 8. The van der Waals surface area contributed by atoms with Gasteiger partial charge in [0.15, 0.2) is 0 Å². The average Bonchev–Trinajstić information content (AvgIpc) is 2.28. The summed E-state index contributed by atoms with van der Waals surface area (Å²) in [6.07, 6.45) is 1.09. The van der Waals surface area contributed by atoms with E-state index in [1.807, 2.05) is 0 Å². The summed E-state index contributed by atoms with van der Waals surface area (Å²) in [6.45, 7) is -1.54. The molecular weight excluding hydrogens is 278 g/mol. The Kier molecular flexibility index (Phi) is 6.13. The van der Waals surface area contributed by atoms with Crippen molar-refractivity contribution in [1.82, 2.24) is 10.0 Å². The second-order valence-electron chi connectivity index (χ2n) is 3.87. The van der Waals surface area contributed by atoms with Gasteiger partial charge in [0.05, 0.1) is 6.26 Å². The van der Waals surface area contributed by atoms with Crippen LogP contribution in [0.4, 0.5) is 8.78 Å². The highest BCUT2D eigenvalue weighted by Crippen LogP contribution is 2.14. The van der Waals surface area contributed by atoms with Crippen molar-refractivity contribution in [3.8, 4) is 5.75 Å². The van der Waals surface area contributed by atoms with E-state index in [9.17, 15) is 17.2 Å². The summed E-state index contributed by atoms with van der Waals surface area (Å²) < 4.78 is 51.9. The summed E-state index contributed by atoms with van der Waals surface area (Å²) in [5, 5.41) is 3.02. The monoisotopic (exact) mass is 294 g/mol. The lowest BCUT2D eigenvalue weighted by Crippen LogP contribution is -2.30. The molecule has 0 fully saturated rings. The van der Waals surface area contributed by atoms with Crippen LogP contribution in [-0.4, -0.2) is 34.4 Å². The maximum absolute atomic E-state index is 11.9. The summed E-state index contributed by atoms with van der Waals surface area (Å²) in [5.41, 5.74) is 0.890. The Balaban J connectivity index is 2.26. The van der Waals surface area contributed by atoms with E-state index in [-0.39, 0.29) is 5.75 Å². The predicted octanol–water partition coefficient (Wildman–Crippen LogP) is 0.927. The topological polar surface area (TPSA) is 67.4 Å². The first-order valence-electron chi connectivity index (χ1n) is 5.56. The third-order valence-electron chi connectivity index (χ3n) is 2.14. The van der Waals surface area contributed by atoms with Crippen LogP contribution in [-0.2, 0) is 16.6 Å². The molecule has 0 saturated heterocycles. The smallest absolute Gasteiger partial charge is 0.387 e. The standard InChI is InChI=1S/C11H16F2N2O3S/c1-19(16,17)15-7-6-14-8-9-2-4-10(5-3-9)18-11(12)13/h2-5,11,14-15H,6-8H2,1H3. The molecule has 19 heavy (non-hydrogen) atoms. The minimum Gasteiger partial charge on any atom is -0.435 e. The minimum absolute atomic E-state index is 0.109. The Hall–Kier alpha value is -1.25. The van der Waals surface area contributed by atoms with Gasteiger partial charge in [-0.2, -0.15) is 8.78 Å². The highest BCUT2D eigenvalue weighted by Gasteiger charge is 2.03. The van der Waals surface area contributed by atoms with Crippen LogP contribution in [0.5, 0.6) is 5.75 Å². The zero-order chi connectivity index (χ0) is 14.3. The SMILES string of the molecule is CS(=O)(=O)NCCNCc1ccc(OC(F)F)cc1. The van der Waals surface area contributed by atoms with Crippen LogP contribution in [0.2, 0.25) is 0 Å². The molecule has 0 bridgehead atoms. The van der Waals surface area contributed by atoms with Crippen molar-refractivity contribution in [1.29, 1.82) is 0 Å². The first-order valence-corrected chi connectivity index (χ1v) is 7.45. The van der Waals surface area contributed by atoms with E-state index in [1.54, 1.807) is 12.1 Å². The number of hydrogen-bond acceptors (Lipinski definition) is 4. The molecule has 0 heterocycles. The van der Waals surface area contributed by atoms with Gasteiger partial charge in [0, 0.05) is 19.6 Å². The summed E-state index contributed by atoms with van der Waals surface area (Å²) in [6, 6.07) is 6.24. The van der Waals surface area contributed by atoms with Crippen molar-refractivity contribution in [3.63, 3.8) is 0 Å². The van der Waals surface area contributed by atoms with Crippen molar-refractivity contribution in [2.24, 2.45) is 0 Å². The highest BCUT2D eigenvalue weighted by molar-refractivity contribution is 7.88. The summed E-state index contributed by atoms with van der Waals surface area (Å²) in [5.74, 6) is 0.109. The van der Waals surface area contributed by atoms with Crippen LogP contribution in [0, 0.1) is 0 Å². The van der Waals surface area contributed by atoms with Crippen LogP contribution in [0.15, 0.2) is 24.3 Å². The number of halogens is 2. The molecule has 0 saturated carbocycles. The molecule has 2 N–H and O–H groups in total. The molecule has 0 spiro atoms.